The van der Waals surface area contributed by atoms with Crippen LogP contribution >= 0.6 is 0 Å². The van der Waals surface area contributed by atoms with Gasteiger partial charge in [0, 0.05) is 34.6 Å². The summed E-state index contributed by atoms with van der Waals surface area (Å²) in [5, 5.41) is 0. The second-order valence-electron chi connectivity index (χ2n) is 0. The molecule has 0 aromatic carbocycles. The topological polar surface area (TPSA) is 35.0 Å². The molecule has 0 fully saturated rings. The summed E-state index contributed by atoms with van der Waals surface area (Å²) in [7, 11) is 0. The maximum Gasteiger partial charge on any atom is 0 e. The molecule has 3 radical (unpaired) electrons. The van der Waals surface area contributed by atoms with Crippen LogP contribution in [0.5, 0.6) is 0 Å². The molecule has 0 aromatic heterocycles. The van der Waals surface area contributed by atoms with Gasteiger partial charge in [0.2, 0.25) is 0 Å². The molecule has 0 saturated carbocycles. The first-order chi connectivity index (χ1) is 0. The fourth-order valence-corrected chi connectivity index (χ4v) is 0. The molecule has 0 bridgehead atoms. The van der Waals surface area contributed by atoms with Gasteiger partial charge in [0.15, 0.2) is 0 Å². The van der Waals surface area contributed by atoms with Crippen LogP contribution in [0.3, 0.4) is 0 Å². The van der Waals surface area contributed by atoms with Gasteiger partial charge in [-0.2, -0.15) is 0 Å². The minimum absolute atomic E-state index is 0. The van der Waals surface area contributed by atoms with Crippen LogP contribution in [0.1, 0.15) is 7.43 Å². The van der Waals surface area contributed by atoms with Gasteiger partial charge in [-0.25, -0.2) is 0 Å². The van der Waals surface area contributed by atoms with E-state index in [1.54, 1.807) is 0 Å². The van der Waals surface area contributed by atoms with Crippen molar-refractivity contribution in [3.05, 3.63) is 0 Å². The third kappa shape index (κ3) is 39.5. The maximum atomic E-state index is 0. The van der Waals surface area contributed by atoms with Crippen molar-refractivity contribution in [1.29, 1.82) is 0 Å². The van der Waals surface area contributed by atoms with E-state index < -0.39 is 0 Å². The SMILES string of the molecule is C.N.[B].[SiH4].[Zr]. The monoisotopic (exact) mass is 166 g/mol. The van der Waals surface area contributed by atoms with E-state index in [1.807, 2.05) is 0 Å². The van der Waals surface area contributed by atoms with Gasteiger partial charge in [0.05, 0.1) is 0 Å². The molecule has 0 atom stereocenters. The average Bonchev–Trinajstić information content (AvgIpc) is 0. The molecule has 0 aliphatic rings. The first-order valence-corrected chi connectivity index (χ1v) is 0. The van der Waals surface area contributed by atoms with E-state index in [4.69, 9.17) is 0 Å². The molecule has 0 unspecified atom stereocenters. The Hall–Kier alpha value is 1.12. The van der Waals surface area contributed by atoms with Gasteiger partial charge in [0.25, 0.3) is 0 Å². The zero-order valence-electron chi connectivity index (χ0n) is 1.78. The summed E-state index contributed by atoms with van der Waals surface area (Å²) >= 11 is 0. The summed E-state index contributed by atoms with van der Waals surface area (Å²) in [6, 6.07) is 0. The Labute approximate surface area is 59.2 Å². The molecule has 31 valence electrons. The molecule has 5 heavy (non-hydrogen) atoms. The fraction of sp³-hybridized carbons (Fsp3) is 1.00. The Kier molecular flexibility index (Phi) is 1750. The minimum Gasteiger partial charge on any atom is -0.344 e. The van der Waals surface area contributed by atoms with Gasteiger partial charge in [-0.3, -0.25) is 0 Å². The van der Waals surface area contributed by atoms with Crippen LogP contribution in [0.4, 0.5) is 0 Å². The molecule has 0 heterocycles. The van der Waals surface area contributed by atoms with Gasteiger partial charge < -0.3 is 6.15 Å². The van der Waals surface area contributed by atoms with Crippen molar-refractivity contribution >= 4 is 19.4 Å². The van der Waals surface area contributed by atoms with Gasteiger partial charge in [-0.15, -0.1) is 0 Å². The van der Waals surface area contributed by atoms with Crippen LogP contribution in [-0.4, -0.2) is 19.4 Å². The predicted molar refractivity (Wildman–Crippen MR) is 28.8 cm³/mol. The molecule has 1 nitrogen and oxygen atoms in total. The van der Waals surface area contributed by atoms with Crippen LogP contribution in [0.2, 0.25) is 0 Å². The Balaban J connectivity index is 0. The van der Waals surface area contributed by atoms with Crippen LogP contribution in [0, 0.1) is 0 Å². The van der Waals surface area contributed by atoms with E-state index in [-0.39, 0.29) is 59.2 Å². The smallest absolute Gasteiger partial charge is 0 e. The van der Waals surface area contributed by atoms with E-state index in [9.17, 15) is 0 Å². The van der Waals surface area contributed by atoms with Gasteiger partial charge in [0.1, 0.15) is 0 Å². The largest absolute Gasteiger partial charge is 0.344 e. The molecule has 0 rings (SSSR count). The Morgan fingerprint density at radius 3 is 1.00 bits per heavy atom. The first-order valence-electron chi connectivity index (χ1n) is 0. The summed E-state index contributed by atoms with van der Waals surface area (Å²) in [6.45, 7) is 0. The van der Waals surface area contributed by atoms with Crippen LogP contribution < -0.4 is 6.15 Å². The third-order valence-corrected chi connectivity index (χ3v) is 0. The van der Waals surface area contributed by atoms with Crippen molar-refractivity contribution in [1.82, 2.24) is 6.15 Å². The van der Waals surface area contributed by atoms with Crippen molar-refractivity contribution in [2.45, 2.75) is 7.43 Å². The van der Waals surface area contributed by atoms with E-state index in [0.717, 1.165) is 0 Å². The van der Waals surface area contributed by atoms with E-state index in [2.05, 4.69) is 0 Å². The molecular formula is CH11BNSiZr. The second-order valence-corrected chi connectivity index (χ2v) is 0. The molecule has 3 N–H and O–H groups in total. The molecule has 0 aliphatic heterocycles. The molecule has 0 amide bonds. The molecule has 0 saturated heterocycles. The Morgan fingerprint density at radius 1 is 1.00 bits per heavy atom. The maximum absolute atomic E-state index is 0. The van der Waals surface area contributed by atoms with Gasteiger partial charge >= 0.3 is 0 Å². The van der Waals surface area contributed by atoms with Crippen molar-refractivity contribution in [2.75, 3.05) is 0 Å². The van der Waals surface area contributed by atoms with Crippen molar-refractivity contribution < 1.29 is 26.2 Å². The summed E-state index contributed by atoms with van der Waals surface area (Å²) in [6.07, 6.45) is 0. The number of hydrogen-bond acceptors (Lipinski definition) is 1. The van der Waals surface area contributed by atoms with E-state index in [1.165, 1.54) is 0 Å². The molecule has 0 aromatic rings. The molecule has 4 heteroatoms. The Morgan fingerprint density at radius 2 is 1.00 bits per heavy atom. The second kappa shape index (κ2) is 68.9. The quantitative estimate of drug-likeness (QED) is 0.460. The zero-order valence-corrected chi connectivity index (χ0v) is 4.24. The van der Waals surface area contributed by atoms with Crippen molar-refractivity contribution in [2.24, 2.45) is 0 Å². The zero-order chi connectivity index (χ0) is 0. The summed E-state index contributed by atoms with van der Waals surface area (Å²) in [5.74, 6) is 0. The molecule has 0 spiro atoms. The van der Waals surface area contributed by atoms with Gasteiger partial charge in [-0.05, 0) is 11.0 Å². The number of rotatable bonds is 0. The Bertz CT molecular complexity index is 11.6. The van der Waals surface area contributed by atoms with Crippen LogP contribution in [-0.2, 0) is 26.2 Å². The number of hydrogen-bond donors (Lipinski definition) is 1. The third-order valence-electron chi connectivity index (χ3n) is 0. The average molecular weight is 167 g/mol. The van der Waals surface area contributed by atoms with Gasteiger partial charge in [-0.1, -0.05) is 7.43 Å². The summed E-state index contributed by atoms with van der Waals surface area (Å²) in [5.41, 5.74) is 0. The van der Waals surface area contributed by atoms with Crippen LogP contribution in [0.15, 0.2) is 0 Å². The molecular weight excluding hydrogens is 156 g/mol. The van der Waals surface area contributed by atoms with Crippen molar-refractivity contribution in [3.8, 4) is 0 Å². The van der Waals surface area contributed by atoms with Crippen LogP contribution in [0.25, 0.3) is 0 Å². The molecule has 0 aliphatic carbocycles. The van der Waals surface area contributed by atoms with Crippen molar-refractivity contribution in [3.63, 3.8) is 0 Å². The van der Waals surface area contributed by atoms with E-state index >= 15 is 0 Å². The predicted octanol–water partition coefficient (Wildman–Crippen LogP) is -1.04. The first kappa shape index (κ1) is 127. The minimum atomic E-state index is 0. The normalized spacial score (nSPS) is 0. The summed E-state index contributed by atoms with van der Waals surface area (Å²) in [4.78, 5) is 0. The van der Waals surface area contributed by atoms with E-state index in [0.29, 0.717) is 0 Å². The summed E-state index contributed by atoms with van der Waals surface area (Å²) < 4.78 is 0. The standard InChI is InChI=1S/CH4.B.H3N.H4Si.Zr/h1H4;;1H3;1H4;. The fourth-order valence-electron chi connectivity index (χ4n) is 0.